The minimum atomic E-state index is 0.546. The number of fused-ring (bicyclic) bond motifs is 2. The highest BCUT2D eigenvalue weighted by atomic mass is 32.1. The molecule has 0 radical (unpaired) electrons. The van der Waals surface area contributed by atoms with Gasteiger partial charge >= 0.3 is 0 Å². The molecule has 138 valence electrons. The van der Waals surface area contributed by atoms with Crippen LogP contribution in [0.1, 0.15) is 4.88 Å². The van der Waals surface area contributed by atoms with E-state index in [-0.39, 0.29) is 0 Å². The summed E-state index contributed by atoms with van der Waals surface area (Å²) in [6.07, 6.45) is 1.81. The van der Waals surface area contributed by atoms with Crippen LogP contribution in [0.3, 0.4) is 0 Å². The molecule has 7 nitrogen and oxygen atoms in total. The molecule has 1 aliphatic heterocycles. The van der Waals surface area contributed by atoms with Crippen LogP contribution >= 0.6 is 11.3 Å². The van der Waals surface area contributed by atoms with Crippen molar-refractivity contribution in [3.8, 4) is 11.4 Å². The fourth-order valence-electron chi connectivity index (χ4n) is 3.59. The van der Waals surface area contributed by atoms with Crippen LogP contribution < -0.4 is 5.73 Å². The number of H-pyrrole nitrogens is 1. The molecule has 0 unspecified atom stereocenters. The molecule has 1 fully saturated rings. The number of nitrogens with two attached hydrogens (primary N) is 1. The van der Waals surface area contributed by atoms with Crippen LogP contribution in [0, 0.1) is 0 Å². The average molecular weight is 379 g/mol. The van der Waals surface area contributed by atoms with Gasteiger partial charge in [-0.1, -0.05) is 12.1 Å². The van der Waals surface area contributed by atoms with E-state index in [0.717, 1.165) is 59.4 Å². The van der Waals surface area contributed by atoms with Crippen molar-refractivity contribution in [1.82, 2.24) is 30.0 Å². The maximum absolute atomic E-state index is 6.29. The molecule has 1 aliphatic rings. The highest BCUT2D eigenvalue weighted by Crippen LogP contribution is 2.33. The van der Waals surface area contributed by atoms with Crippen molar-refractivity contribution in [1.29, 1.82) is 0 Å². The number of nitrogen functional groups attached to an aromatic ring is 1. The molecule has 1 saturated heterocycles. The third kappa shape index (κ3) is 3.05. The van der Waals surface area contributed by atoms with Gasteiger partial charge in [0.2, 0.25) is 0 Å². The SMILES string of the molecule is CN1CCN(Cc2cc3nc(-c4cccc5[nH]ncc45)nc(N)c3s2)CC1. The van der Waals surface area contributed by atoms with Crippen LogP contribution in [0.25, 0.3) is 32.5 Å². The first-order chi connectivity index (χ1) is 13.2. The molecule has 4 heterocycles. The van der Waals surface area contributed by atoms with E-state index in [9.17, 15) is 0 Å². The first-order valence-electron chi connectivity index (χ1n) is 9.07. The number of benzene rings is 1. The normalized spacial score (nSPS) is 16.5. The zero-order valence-electron chi connectivity index (χ0n) is 15.1. The third-order valence-electron chi connectivity index (χ3n) is 5.15. The molecule has 27 heavy (non-hydrogen) atoms. The van der Waals surface area contributed by atoms with Gasteiger partial charge in [0, 0.05) is 48.6 Å². The summed E-state index contributed by atoms with van der Waals surface area (Å²) in [4.78, 5) is 15.5. The Hall–Kier alpha value is -2.55. The number of thiophene rings is 1. The van der Waals surface area contributed by atoms with Gasteiger partial charge < -0.3 is 10.6 Å². The predicted octanol–water partition coefficient (Wildman–Crippen LogP) is 2.56. The van der Waals surface area contributed by atoms with Gasteiger partial charge in [0.05, 0.1) is 21.9 Å². The summed E-state index contributed by atoms with van der Waals surface area (Å²) in [5.41, 5.74) is 9.13. The third-order valence-corrected chi connectivity index (χ3v) is 6.28. The molecule has 5 rings (SSSR count). The number of nitrogens with one attached hydrogen (secondary N) is 1. The Kier molecular flexibility index (Phi) is 4.04. The maximum atomic E-state index is 6.29. The Morgan fingerprint density at radius 1 is 1.19 bits per heavy atom. The van der Waals surface area contributed by atoms with E-state index >= 15 is 0 Å². The second-order valence-electron chi connectivity index (χ2n) is 7.08. The minimum Gasteiger partial charge on any atom is -0.382 e. The van der Waals surface area contributed by atoms with Crippen molar-refractivity contribution in [2.45, 2.75) is 6.54 Å². The first-order valence-corrected chi connectivity index (χ1v) is 9.88. The van der Waals surface area contributed by atoms with Crippen LogP contribution in [0.2, 0.25) is 0 Å². The van der Waals surface area contributed by atoms with E-state index in [2.05, 4.69) is 38.1 Å². The van der Waals surface area contributed by atoms with Gasteiger partial charge in [-0.2, -0.15) is 5.10 Å². The number of rotatable bonds is 3. The second kappa shape index (κ2) is 6.56. The second-order valence-corrected chi connectivity index (χ2v) is 8.21. The van der Waals surface area contributed by atoms with Crippen LogP contribution in [-0.4, -0.2) is 63.2 Å². The highest BCUT2D eigenvalue weighted by molar-refractivity contribution is 7.19. The summed E-state index contributed by atoms with van der Waals surface area (Å²) in [6, 6.07) is 8.14. The van der Waals surface area contributed by atoms with Gasteiger partial charge in [0.25, 0.3) is 0 Å². The molecule has 0 aliphatic carbocycles. The van der Waals surface area contributed by atoms with Gasteiger partial charge in [-0.25, -0.2) is 9.97 Å². The fraction of sp³-hybridized carbons (Fsp3) is 0.316. The number of piperazine rings is 1. The Bertz CT molecular complexity index is 1110. The lowest BCUT2D eigenvalue weighted by Gasteiger charge is -2.31. The van der Waals surface area contributed by atoms with E-state index in [1.54, 1.807) is 17.5 Å². The predicted molar refractivity (Wildman–Crippen MR) is 110 cm³/mol. The Morgan fingerprint density at radius 3 is 2.89 bits per heavy atom. The smallest absolute Gasteiger partial charge is 0.162 e. The summed E-state index contributed by atoms with van der Waals surface area (Å²) in [5, 5.41) is 8.12. The van der Waals surface area contributed by atoms with E-state index in [1.807, 2.05) is 18.2 Å². The first kappa shape index (κ1) is 16.6. The summed E-state index contributed by atoms with van der Waals surface area (Å²) in [6.45, 7) is 5.37. The van der Waals surface area contributed by atoms with E-state index in [4.69, 9.17) is 10.7 Å². The van der Waals surface area contributed by atoms with Crippen molar-refractivity contribution >= 4 is 38.3 Å². The minimum absolute atomic E-state index is 0.546. The van der Waals surface area contributed by atoms with E-state index in [1.165, 1.54) is 4.88 Å². The summed E-state index contributed by atoms with van der Waals surface area (Å²) in [5.74, 6) is 1.20. The lowest BCUT2D eigenvalue weighted by atomic mass is 10.1. The molecule has 0 saturated carbocycles. The van der Waals surface area contributed by atoms with Crippen molar-refractivity contribution < 1.29 is 0 Å². The van der Waals surface area contributed by atoms with Gasteiger partial charge in [-0.15, -0.1) is 11.3 Å². The van der Waals surface area contributed by atoms with E-state index in [0.29, 0.717) is 11.6 Å². The van der Waals surface area contributed by atoms with Crippen molar-refractivity contribution in [3.05, 3.63) is 35.3 Å². The summed E-state index contributed by atoms with van der Waals surface area (Å²) in [7, 11) is 2.18. The van der Waals surface area contributed by atoms with Crippen LogP contribution in [0.15, 0.2) is 30.5 Å². The molecule has 0 bridgehead atoms. The molecule has 0 amide bonds. The Balaban J connectivity index is 1.50. The van der Waals surface area contributed by atoms with Crippen molar-refractivity contribution in [3.63, 3.8) is 0 Å². The topological polar surface area (TPSA) is 87.0 Å². The standard InChI is InChI=1S/C19H21N7S/c1-25-5-7-26(8-6-25)11-12-9-16-17(27-12)18(20)23-19(22-16)13-3-2-4-15-14(13)10-21-24-15/h2-4,9-10H,5-8,11H2,1H3,(H,21,24)(H2,20,22,23). The molecule has 8 heteroatoms. The lowest BCUT2D eigenvalue weighted by molar-refractivity contribution is 0.149. The molecule has 3 N–H and O–H groups in total. The van der Waals surface area contributed by atoms with Gasteiger partial charge in [0.15, 0.2) is 5.82 Å². The summed E-state index contributed by atoms with van der Waals surface area (Å²) >= 11 is 1.70. The van der Waals surface area contributed by atoms with Crippen molar-refractivity contribution in [2.75, 3.05) is 39.0 Å². The molecule has 4 aromatic rings. The maximum Gasteiger partial charge on any atom is 0.162 e. The van der Waals surface area contributed by atoms with Crippen LogP contribution in [0.5, 0.6) is 0 Å². The van der Waals surface area contributed by atoms with Gasteiger partial charge in [0.1, 0.15) is 5.82 Å². The number of aromatic amines is 1. The zero-order chi connectivity index (χ0) is 18.4. The van der Waals surface area contributed by atoms with Gasteiger partial charge in [-0.05, 0) is 19.2 Å². The zero-order valence-corrected chi connectivity index (χ0v) is 16.0. The van der Waals surface area contributed by atoms with Crippen LogP contribution in [-0.2, 0) is 6.54 Å². The number of hydrogen-bond donors (Lipinski definition) is 2. The molecule has 0 spiro atoms. The van der Waals surface area contributed by atoms with Gasteiger partial charge in [-0.3, -0.25) is 10.00 Å². The van der Waals surface area contributed by atoms with Crippen LogP contribution in [0.4, 0.5) is 5.82 Å². The molecule has 0 atom stereocenters. The van der Waals surface area contributed by atoms with Crippen molar-refractivity contribution in [2.24, 2.45) is 0 Å². The number of aromatic nitrogens is 4. The molecule has 3 aromatic heterocycles. The highest BCUT2D eigenvalue weighted by Gasteiger charge is 2.17. The number of nitrogens with zero attached hydrogens (tertiary/aromatic N) is 5. The molecular formula is C19H21N7S. The molecular weight excluding hydrogens is 358 g/mol. The number of likely N-dealkylation sites (N-methyl/N-ethyl adjacent to an activating group) is 1. The fourth-order valence-corrected chi connectivity index (χ4v) is 4.63. The Labute approximate surface area is 160 Å². The molecule has 1 aromatic carbocycles. The quantitative estimate of drug-likeness (QED) is 0.569. The van der Waals surface area contributed by atoms with E-state index < -0.39 is 0 Å². The number of anilines is 1. The Morgan fingerprint density at radius 2 is 2.04 bits per heavy atom. The largest absolute Gasteiger partial charge is 0.382 e. The summed E-state index contributed by atoms with van der Waals surface area (Å²) < 4.78 is 0.974. The average Bonchev–Trinajstić information content (AvgIpc) is 3.30. The monoisotopic (exact) mass is 379 g/mol. The number of hydrogen-bond acceptors (Lipinski definition) is 7. The lowest BCUT2D eigenvalue weighted by Crippen LogP contribution is -2.43.